The average Bonchev–Trinajstić information content (AvgIpc) is 2.82. The molecule has 0 unspecified atom stereocenters. The van der Waals surface area contributed by atoms with Crippen LogP contribution in [0.5, 0.6) is 0 Å². The van der Waals surface area contributed by atoms with Crippen LogP contribution >= 0.6 is 0 Å². The number of carbonyl (C=O) groups excluding carboxylic acids is 2. The summed E-state index contributed by atoms with van der Waals surface area (Å²) in [6.45, 7) is 10.1. The van der Waals surface area contributed by atoms with Crippen LogP contribution in [0.4, 0.5) is 5.82 Å². The predicted octanol–water partition coefficient (Wildman–Crippen LogP) is 2.60. The van der Waals surface area contributed by atoms with Gasteiger partial charge in [-0.1, -0.05) is 0 Å². The van der Waals surface area contributed by atoms with E-state index in [4.69, 9.17) is 9.97 Å². The third-order valence-electron chi connectivity index (χ3n) is 7.44. The number of rotatable bonds is 4. The summed E-state index contributed by atoms with van der Waals surface area (Å²) in [7, 11) is 1.87. The number of hydrogen-bond acceptors (Lipinski definition) is 6. The number of nitrogens with zero attached hydrogens (tertiary/aromatic N) is 5. The van der Waals surface area contributed by atoms with Crippen LogP contribution in [0, 0.1) is 5.92 Å². The fourth-order valence-electron chi connectivity index (χ4n) is 5.47. The van der Waals surface area contributed by atoms with Crippen LogP contribution < -0.4 is 5.32 Å². The molecule has 32 heavy (non-hydrogen) atoms. The molecule has 1 aromatic heterocycles. The van der Waals surface area contributed by atoms with Crippen LogP contribution in [0.25, 0.3) is 0 Å². The summed E-state index contributed by atoms with van der Waals surface area (Å²) >= 11 is 0. The fraction of sp³-hybridized carbons (Fsp3) is 0.750. The van der Waals surface area contributed by atoms with Crippen LogP contribution in [0.1, 0.15) is 76.0 Å². The molecular formula is C24H38N6O2. The zero-order chi connectivity index (χ0) is 22.8. The van der Waals surface area contributed by atoms with Gasteiger partial charge in [0.15, 0.2) is 5.82 Å². The van der Waals surface area contributed by atoms with E-state index in [0.717, 1.165) is 81.1 Å². The van der Waals surface area contributed by atoms with Crippen molar-refractivity contribution in [1.82, 2.24) is 24.7 Å². The molecule has 4 rings (SSSR count). The lowest BCUT2D eigenvalue weighted by atomic mass is 9.93. The molecule has 0 aliphatic carbocycles. The van der Waals surface area contributed by atoms with Gasteiger partial charge in [0.2, 0.25) is 11.8 Å². The lowest BCUT2D eigenvalue weighted by Gasteiger charge is -2.38. The zero-order valence-corrected chi connectivity index (χ0v) is 20.1. The van der Waals surface area contributed by atoms with Gasteiger partial charge < -0.3 is 20.0 Å². The smallest absolute Gasteiger partial charge is 0.226 e. The van der Waals surface area contributed by atoms with Crippen LogP contribution in [-0.2, 0) is 22.6 Å². The summed E-state index contributed by atoms with van der Waals surface area (Å²) in [6.07, 6.45) is 5.65. The van der Waals surface area contributed by atoms with Crippen molar-refractivity contribution in [3.63, 3.8) is 0 Å². The Kier molecular flexibility index (Phi) is 6.98. The van der Waals surface area contributed by atoms with Gasteiger partial charge in [-0.25, -0.2) is 9.97 Å². The molecule has 1 atom stereocenters. The average molecular weight is 443 g/mol. The summed E-state index contributed by atoms with van der Waals surface area (Å²) in [5.74, 6) is 2.02. The van der Waals surface area contributed by atoms with Crippen molar-refractivity contribution in [2.45, 2.75) is 77.9 Å². The maximum Gasteiger partial charge on any atom is 0.226 e. The van der Waals surface area contributed by atoms with Crippen LogP contribution in [0.15, 0.2) is 0 Å². The third-order valence-corrected chi connectivity index (χ3v) is 7.44. The van der Waals surface area contributed by atoms with E-state index in [9.17, 15) is 9.59 Å². The number of anilines is 1. The van der Waals surface area contributed by atoms with E-state index in [-0.39, 0.29) is 23.8 Å². The number of likely N-dealkylation sites (tertiary alicyclic amines) is 2. The Hall–Kier alpha value is -2.22. The van der Waals surface area contributed by atoms with Crippen molar-refractivity contribution in [1.29, 1.82) is 0 Å². The maximum atomic E-state index is 13.3. The highest BCUT2D eigenvalue weighted by molar-refractivity contribution is 5.79. The van der Waals surface area contributed by atoms with Crippen molar-refractivity contribution in [2.24, 2.45) is 5.92 Å². The number of hydrogen-bond donors (Lipinski definition) is 1. The first-order valence-electron chi connectivity index (χ1n) is 12.3. The molecule has 8 heteroatoms. The second-order valence-electron chi connectivity index (χ2n) is 9.74. The SMILES string of the molecule is CNc1nc([C@H]2CCCCN2C(C)=O)nc2c1CN(C(=O)C1CCN(C(C)C)CC1)CC2. The van der Waals surface area contributed by atoms with Gasteiger partial charge in [-0.2, -0.15) is 0 Å². The van der Waals surface area contributed by atoms with Crippen molar-refractivity contribution in [3.05, 3.63) is 17.1 Å². The number of carbonyl (C=O) groups is 2. The highest BCUT2D eigenvalue weighted by Gasteiger charge is 2.34. The molecule has 0 saturated carbocycles. The highest BCUT2D eigenvalue weighted by atomic mass is 16.2. The Morgan fingerprint density at radius 3 is 2.44 bits per heavy atom. The Bertz CT molecular complexity index is 832. The second-order valence-corrected chi connectivity index (χ2v) is 9.74. The quantitative estimate of drug-likeness (QED) is 0.772. The van der Waals surface area contributed by atoms with E-state index < -0.39 is 0 Å². The molecule has 2 fully saturated rings. The van der Waals surface area contributed by atoms with Gasteiger partial charge in [0.1, 0.15) is 5.82 Å². The van der Waals surface area contributed by atoms with E-state index >= 15 is 0 Å². The van der Waals surface area contributed by atoms with E-state index in [1.165, 1.54) is 0 Å². The molecule has 2 amide bonds. The number of amides is 2. The largest absolute Gasteiger partial charge is 0.373 e. The van der Waals surface area contributed by atoms with Crippen LogP contribution in [0.3, 0.4) is 0 Å². The van der Waals surface area contributed by atoms with Gasteiger partial charge in [-0.3, -0.25) is 9.59 Å². The Morgan fingerprint density at radius 2 is 1.78 bits per heavy atom. The molecule has 1 N–H and O–H groups in total. The monoisotopic (exact) mass is 442 g/mol. The molecule has 1 aromatic rings. The minimum absolute atomic E-state index is 0.0514. The normalized spacial score (nSPS) is 22.7. The number of aromatic nitrogens is 2. The lowest BCUT2D eigenvalue weighted by molar-refractivity contribution is -0.138. The van der Waals surface area contributed by atoms with Crippen molar-refractivity contribution in [3.8, 4) is 0 Å². The van der Waals surface area contributed by atoms with Gasteiger partial charge in [0.05, 0.1) is 18.3 Å². The summed E-state index contributed by atoms with van der Waals surface area (Å²) in [5.41, 5.74) is 2.05. The van der Waals surface area contributed by atoms with Gasteiger partial charge in [-0.05, 0) is 59.0 Å². The highest BCUT2D eigenvalue weighted by Crippen LogP contribution is 2.33. The predicted molar refractivity (Wildman–Crippen MR) is 124 cm³/mol. The minimum Gasteiger partial charge on any atom is -0.373 e. The summed E-state index contributed by atoms with van der Waals surface area (Å²) < 4.78 is 0. The molecule has 2 saturated heterocycles. The van der Waals surface area contributed by atoms with Gasteiger partial charge in [-0.15, -0.1) is 0 Å². The topological polar surface area (TPSA) is 81.7 Å². The Labute approximate surface area is 191 Å². The first-order valence-corrected chi connectivity index (χ1v) is 12.3. The Balaban J connectivity index is 1.50. The molecule has 0 bridgehead atoms. The summed E-state index contributed by atoms with van der Waals surface area (Å²) in [6, 6.07) is 0.491. The molecule has 3 aliphatic rings. The molecule has 0 radical (unpaired) electrons. The first-order chi connectivity index (χ1) is 15.4. The van der Waals surface area contributed by atoms with E-state index in [1.54, 1.807) is 6.92 Å². The third kappa shape index (κ3) is 4.60. The van der Waals surface area contributed by atoms with Gasteiger partial charge in [0, 0.05) is 51.0 Å². The van der Waals surface area contributed by atoms with E-state index in [2.05, 4.69) is 24.1 Å². The molecular weight excluding hydrogens is 404 g/mol. The zero-order valence-electron chi connectivity index (χ0n) is 20.1. The fourth-order valence-corrected chi connectivity index (χ4v) is 5.47. The lowest BCUT2D eigenvalue weighted by Crippen LogP contribution is -2.46. The van der Waals surface area contributed by atoms with Crippen molar-refractivity contribution in [2.75, 3.05) is 38.5 Å². The standard InChI is InChI=1S/C24H38N6O2/c1-16(2)28-12-8-18(9-13-28)24(32)29-14-10-20-19(15-29)22(25-4)27-23(26-20)21-7-5-6-11-30(21)17(3)31/h16,18,21H,5-15H2,1-4H3,(H,25,26,27)/t21-/m1/s1. The van der Waals surface area contributed by atoms with Gasteiger partial charge >= 0.3 is 0 Å². The minimum atomic E-state index is -0.0514. The summed E-state index contributed by atoms with van der Waals surface area (Å²) in [5, 5.41) is 3.24. The number of nitrogens with one attached hydrogen (secondary N) is 1. The Morgan fingerprint density at radius 1 is 1.03 bits per heavy atom. The molecule has 8 nitrogen and oxygen atoms in total. The summed E-state index contributed by atoms with van der Waals surface area (Å²) in [4.78, 5) is 41.6. The van der Waals surface area contributed by atoms with Crippen molar-refractivity contribution < 1.29 is 9.59 Å². The van der Waals surface area contributed by atoms with Crippen molar-refractivity contribution >= 4 is 17.6 Å². The molecule has 176 valence electrons. The van der Waals surface area contributed by atoms with E-state index in [0.29, 0.717) is 19.1 Å². The number of piperidine rings is 2. The van der Waals surface area contributed by atoms with Gasteiger partial charge in [0.25, 0.3) is 0 Å². The number of fused-ring (bicyclic) bond motifs is 1. The van der Waals surface area contributed by atoms with Crippen LogP contribution in [0.2, 0.25) is 0 Å². The second kappa shape index (κ2) is 9.73. The van der Waals surface area contributed by atoms with Crippen LogP contribution in [-0.4, -0.2) is 75.8 Å². The molecule has 0 spiro atoms. The first kappa shape index (κ1) is 23.0. The molecule has 0 aromatic carbocycles. The maximum absolute atomic E-state index is 13.3. The molecule has 4 heterocycles. The molecule has 3 aliphatic heterocycles. The van der Waals surface area contributed by atoms with E-state index in [1.807, 2.05) is 16.8 Å².